The van der Waals surface area contributed by atoms with E-state index in [2.05, 4.69) is 0 Å². The van der Waals surface area contributed by atoms with Crippen LogP contribution in [0.1, 0.15) is 37.9 Å². The molecule has 0 bridgehead atoms. The van der Waals surface area contributed by atoms with Crippen molar-refractivity contribution >= 4 is 23.1 Å². The maximum absolute atomic E-state index is 13.4. The molecule has 0 spiro atoms. The van der Waals surface area contributed by atoms with Crippen LogP contribution >= 0.6 is 0 Å². The van der Waals surface area contributed by atoms with E-state index in [-0.39, 0.29) is 17.4 Å². The van der Waals surface area contributed by atoms with Crippen LogP contribution in [0, 0.1) is 0 Å². The van der Waals surface area contributed by atoms with Gasteiger partial charge in [0.15, 0.2) is 0 Å². The molecule has 3 aromatic carbocycles. The van der Waals surface area contributed by atoms with Crippen molar-refractivity contribution in [3.63, 3.8) is 0 Å². The average Bonchev–Trinajstić information content (AvgIpc) is 3.14. The molecule has 186 valence electrons. The third kappa shape index (κ3) is 4.91. The highest BCUT2D eigenvalue weighted by molar-refractivity contribution is 6.51. The highest BCUT2D eigenvalue weighted by atomic mass is 16.5. The van der Waals surface area contributed by atoms with Gasteiger partial charge in [0.05, 0.1) is 31.4 Å². The molecule has 7 heteroatoms. The highest BCUT2D eigenvalue weighted by Gasteiger charge is 2.47. The summed E-state index contributed by atoms with van der Waals surface area (Å²) in [5.41, 5.74) is 1.50. The molecule has 36 heavy (non-hydrogen) atoms. The lowest BCUT2D eigenvalue weighted by molar-refractivity contribution is -0.132. The zero-order valence-electron chi connectivity index (χ0n) is 20.7. The molecule has 1 aliphatic heterocycles. The minimum Gasteiger partial charge on any atom is -0.507 e. The molecule has 1 fully saturated rings. The van der Waals surface area contributed by atoms with Crippen molar-refractivity contribution in [1.82, 2.24) is 0 Å². The molecule has 1 N–H and O–H groups in total. The second-order valence-corrected chi connectivity index (χ2v) is 8.57. The number of carbonyl (C=O) groups excluding carboxylic acids is 2. The quantitative estimate of drug-likeness (QED) is 0.256. The maximum atomic E-state index is 13.4. The van der Waals surface area contributed by atoms with Gasteiger partial charge in [-0.3, -0.25) is 14.5 Å². The van der Waals surface area contributed by atoms with Crippen molar-refractivity contribution in [1.29, 1.82) is 0 Å². The van der Waals surface area contributed by atoms with E-state index in [0.29, 0.717) is 40.7 Å². The van der Waals surface area contributed by atoms with Gasteiger partial charge in [0.25, 0.3) is 11.7 Å². The SMILES string of the molecule is CCOc1cccc(/C(O)=C2/C(=O)C(=O)N(c3ccc(OC(C)C)cc3)C2c2cccc(OC)c2)c1. The first-order valence-electron chi connectivity index (χ1n) is 11.8. The maximum Gasteiger partial charge on any atom is 0.300 e. The average molecular weight is 488 g/mol. The smallest absolute Gasteiger partial charge is 0.300 e. The topological polar surface area (TPSA) is 85.3 Å². The van der Waals surface area contributed by atoms with Crippen LogP contribution in [0.15, 0.2) is 78.4 Å². The number of ketones is 1. The van der Waals surface area contributed by atoms with E-state index < -0.39 is 17.7 Å². The minimum atomic E-state index is -0.868. The van der Waals surface area contributed by atoms with Crippen molar-refractivity contribution in [3.8, 4) is 17.2 Å². The molecule has 7 nitrogen and oxygen atoms in total. The fourth-order valence-corrected chi connectivity index (χ4v) is 4.24. The lowest BCUT2D eigenvalue weighted by Crippen LogP contribution is -2.29. The van der Waals surface area contributed by atoms with E-state index in [1.54, 1.807) is 79.9 Å². The Morgan fingerprint density at radius 1 is 0.944 bits per heavy atom. The zero-order chi connectivity index (χ0) is 25.8. The van der Waals surface area contributed by atoms with Crippen LogP contribution in [0.4, 0.5) is 5.69 Å². The Bertz CT molecular complexity index is 1300. The molecule has 1 saturated heterocycles. The third-order valence-electron chi connectivity index (χ3n) is 5.76. The molecule has 4 rings (SSSR count). The van der Waals surface area contributed by atoms with Gasteiger partial charge in [-0.15, -0.1) is 0 Å². The molecule has 0 aliphatic carbocycles. The summed E-state index contributed by atoms with van der Waals surface area (Å²) >= 11 is 0. The van der Waals surface area contributed by atoms with Gasteiger partial charge in [0.2, 0.25) is 0 Å². The second-order valence-electron chi connectivity index (χ2n) is 8.57. The first-order chi connectivity index (χ1) is 17.3. The van der Waals surface area contributed by atoms with Gasteiger partial charge in [-0.2, -0.15) is 0 Å². The van der Waals surface area contributed by atoms with E-state index in [9.17, 15) is 14.7 Å². The van der Waals surface area contributed by atoms with Gasteiger partial charge in [0, 0.05) is 11.3 Å². The number of anilines is 1. The number of methoxy groups -OCH3 is 1. The molecule has 1 amide bonds. The first kappa shape index (κ1) is 24.9. The Morgan fingerprint density at radius 2 is 1.64 bits per heavy atom. The van der Waals surface area contributed by atoms with Crippen LogP contribution in [0.3, 0.4) is 0 Å². The number of nitrogens with zero attached hydrogens (tertiary/aromatic N) is 1. The molecule has 1 unspecified atom stereocenters. The monoisotopic (exact) mass is 487 g/mol. The Morgan fingerprint density at radius 3 is 2.31 bits per heavy atom. The molecule has 0 saturated carbocycles. The van der Waals surface area contributed by atoms with E-state index >= 15 is 0 Å². The van der Waals surface area contributed by atoms with Crippen molar-refractivity contribution in [2.75, 3.05) is 18.6 Å². The van der Waals surface area contributed by atoms with Gasteiger partial charge >= 0.3 is 0 Å². The molecular formula is C29H29NO6. The standard InChI is InChI=1S/C29H29NO6/c1-5-35-24-11-7-9-20(17-24)27(31)25-26(19-8-6-10-23(16-19)34-4)30(29(33)28(25)32)21-12-14-22(15-13-21)36-18(2)3/h6-18,26,31H,5H2,1-4H3/b27-25-. The van der Waals surface area contributed by atoms with E-state index in [4.69, 9.17) is 14.2 Å². The van der Waals surface area contributed by atoms with Crippen molar-refractivity contribution < 1.29 is 28.9 Å². The number of ether oxygens (including phenoxy) is 3. The number of hydrogen-bond acceptors (Lipinski definition) is 6. The summed E-state index contributed by atoms with van der Waals surface area (Å²) in [7, 11) is 1.54. The molecule has 3 aromatic rings. The summed E-state index contributed by atoms with van der Waals surface area (Å²) < 4.78 is 16.7. The number of benzene rings is 3. The van der Waals surface area contributed by atoms with Crippen LogP contribution in [0.5, 0.6) is 17.2 Å². The van der Waals surface area contributed by atoms with Crippen molar-refractivity contribution in [3.05, 3.63) is 89.5 Å². The molecule has 0 aromatic heterocycles. The summed E-state index contributed by atoms with van der Waals surface area (Å²) in [6, 6.07) is 20.0. The van der Waals surface area contributed by atoms with E-state index in [0.717, 1.165) is 0 Å². The Hall–Kier alpha value is -4.26. The second kappa shape index (κ2) is 10.6. The third-order valence-corrected chi connectivity index (χ3v) is 5.76. The van der Waals surface area contributed by atoms with Crippen LogP contribution < -0.4 is 19.1 Å². The van der Waals surface area contributed by atoms with Crippen molar-refractivity contribution in [2.45, 2.75) is 32.9 Å². The highest BCUT2D eigenvalue weighted by Crippen LogP contribution is 2.43. The number of hydrogen-bond donors (Lipinski definition) is 1. The van der Waals surface area contributed by atoms with Crippen molar-refractivity contribution in [2.24, 2.45) is 0 Å². The summed E-state index contributed by atoms with van der Waals surface area (Å²) in [6.45, 7) is 6.17. The predicted octanol–water partition coefficient (Wildman–Crippen LogP) is 5.51. The van der Waals surface area contributed by atoms with E-state index in [1.807, 2.05) is 20.8 Å². The normalized spacial score (nSPS) is 16.9. The predicted molar refractivity (Wildman–Crippen MR) is 138 cm³/mol. The van der Waals surface area contributed by atoms with Crippen LogP contribution in [-0.2, 0) is 9.59 Å². The van der Waals surface area contributed by atoms with Gasteiger partial charge in [-0.25, -0.2) is 0 Å². The van der Waals surface area contributed by atoms with Crippen LogP contribution in [0.2, 0.25) is 0 Å². The van der Waals surface area contributed by atoms with Crippen LogP contribution in [-0.4, -0.2) is 36.6 Å². The number of aliphatic hydroxyl groups is 1. The Balaban J connectivity index is 1.87. The van der Waals surface area contributed by atoms with Gasteiger partial charge in [-0.1, -0.05) is 24.3 Å². The fourth-order valence-electron chi connectivity index (χ4n) is 4.24. The van der Waals surface area contributed by atoms with Crippen LogP contribution in [0.25, 0.3) is 5.76 Å². The Labute approximate surface area is 210 Å². The van der Waals surface area contributed by atoms with Gasteiger partial charge < -0.3 is 19.3 Å². The lowest BCUT2D eigenvalue weighted by Gasteiger charge is -2.26. The first-order valence-corrected chi connectivity index (χ1v) is 11.8. The largest absolute Gasteiger partial charge is 0.507 e. The molecule has 1 heterocycles. The number of carbonyl (C=O) groups is 2. The summed E-state index contributed by atoms with van der Waals surface area (Å²) in [6.07, 6.45) is -0.00527. The summed E-state index contributed by atoms with van der Waals surface area (Å²) in [4.78, 5) is 28.1. The number of rotatable bonds is 8. The number of amides is 1. The van der Waals surface area contributed by atoms with Gasteiger partial charge in [0.1, 0.15) is 23.0 Å². The van der Waals surface area contributed by atoms with Gasteiger partial charge in [-0.05, 0) is 74.9 Å². The molecule has 0 radical (unpaired) electrons. The summed E-state index contributed by atoms with van der Waals surface area (Å²) in [5.74, 6) is -0.0138. The molecular weight excluding hydrogens is 458 g/mol. The fraction of sp³-hybridized carbons (Fsp3) is 0.241. The number of Topliss-reactive ketones (excluding diaryl/α,β-unsaturated/α-hetero) is 1. The molecule has 1 atom stereocenters. The number of aliphatic hydroxyl groups excluding tert-OH is 1. The lowest BCUT2D eigenvalue weighted by atomic mass is 9.95. The minimum absolute atomic E-state index is 0.00527. The summed E-state index contributed by atoms with van der Waals surface area (Å²) in [5, 5.41) is 11.3. The Kier molecular flexibility index (Phi) is 7.29. The molecule has 1 aliphatic rings. The zero-order valence-corrected chi connectivity index (χ0v) is 20.7. The van der Waals surface area contributed by atoms with E-state index in [1.165, 1.54) is 4.90 Å².